The van der Waals surface area contributed by atoms with Crippen molar-refractivity contribution in [2.24, 2.45) is 0 Å². The lowest BCUT2D eigenvalue weighted by atomic mass is 10.1. The molecule has 4 nitrogen and oxygen atoms in total. The Balaban J connectivity index is 1.77. The molecule has 0 bridgehead atoms. The van der Waals surface area contributed by atoms with Crippen LogP contribution in [0.4, 0.5) is 5.82 Å². The third kappa shape index (κ3) is 3.10. The molecule has 1 aliphatic heterocycles. The molecule has 1 fully saturated rings. The van der Waals surface area contributed by atoms with E-state index in [1.165, 1.54) is 30.4 Å². The molecule has 0 radical (unpaired) electrons. The van der Waals surface area contributed by atoms with Crippen LogP contribution in [0.5, 0.6) is 0 Å². The number of hydrogen-bond acceptors (Lipinski definition) is 3. The van der Waals surface area contributed by atoms with Gasteiger partial charge in [-0.2, -0.15) is 0 Å². The van der Waals surface area contributed by atoms with Crippen molar-refractivity contribution < 1.29 is 0 Å². The lowest BCUT2D eigenvalue weighted by Gasteiger charge is -2.28. The van der Waals surface area contributed by atoms with Crippen molar-refractivity contribution in [1.82, 2.24) is 14.5 Å². The highest BCUT2D eigenvalue weighted by Gasteiger charge is 2.21. The minimum Gasteiger partial charge on any atom is -0.356 e. The molecule has 0 spiro atoms. The second-order valence-electron chi connectivity index (χ2n) is 7.20. The van der Waals surface area contributed by atoms with Gasteiger partial charge in [0, 0.05) is 35.0 Å². The monoisotopic (exact) mass is 432 g/mol. The second-order valence-corrected chi connectivity index (χ2v) is 8.11. The van der Waals surface area contributed by atoms with Gasteiger partial charge in [-0.15, -0.1) is 0 Å². The van der Waals surface area contributed by atoms with Gasteiger partial charge in [0.1, 0.15) is 12.1 Å². The van der Waals surface area contributed by atoms with E-state index >= 15 is 0 Å². The Hall–Kier alpha value is -2.66. The van der Waals surface area contributed by atoms with Crippen molar-refractivity contribution in [3.8, 4) is 16.8 Å². The van der Waals surface area contributed by atoms with E-state index in [-0.39, 0.29) is 0 Å². The number of hydrogen-bond donors (Lipinski definition) is 0. The van der Waals surface area contributed by atoms with Crippen LogP contribution in [-0.4, -0.2) is 27.6 Å². The predicted molar refractivity (Wildman–Crippen MR) is 118 cm³/mol. The molecule has 2 aromatic heterocycles. The summed E-state index contributed by atoms with van der Waals surface area (Å²) < 4.78 is 3.25. The summed E-state index contributed by atoms with van der Waals surface area (Å²) in [6, 6.07) is 18.9. The summed E-state index contributed by atoms with van der Waals surface area (Å²) in [5.41, 5.74) is 4.42. The molecule has 28 heavy (non-hydrogen) atoms. The summed E-state index contributed by atoms with van der Waals surface area (Å²) in [5, 5.41) is 1.14. The van der Waals surface area contributed by atoms with Crippen LogP contribution >= 0.6 is 15.9 Å². The van der Waals surface area contributed by atoms with Gasteiger partial charge >= 0.3 is 0 Å². The van der Waals surface area contributed by atoms with Crippen molar-refractivity contribution in [3.63, 3.8) is 0 Å². The number of fused-ring (bicyclic) bond motifs is 1. The summed E-state index contributed by atoms with van der Waals surface area (Å²) in [6.07, 6.45) is 7.65. The zero-order chi connectivity index (χ0) is 18.9. The number of nitrogens with zero attached hydrogens (tertiary/aromatic N) is 4. The van der Waals surface area contributed by atoms with E-state index in [1.54, 1.807) is 6.33 Å². The number of halogens is 1. The normalized spacial score (nSPS) is 14.5. The van der Waals surface area contributed by atoms with Crippen LogP contribution in [0.2, 0.25) is 0 Å². The average Bonchev–Trinajstić information content (AvgIpc) is 3.15. The minimum atomic E-state index is 0.955. The first-order valence-electron chi connectivity index (χ1n) is 9.73. The Morgan fingerprint density at radius 3 is 2.32 bits per heavy atom. The topological polar surface area (TPSA) is 34.0 Å². The van der Waals surface area contributed by atoms with Gasteiger partial charge in [-0.05, 0) is 49.1 Å². The van der Waals surface area contributed by atoms with Crippen molar-refractivity contribution in [2.75, 3.05) is 18.0 Å². The van der Waals surface area contributed by atoms with Gasteiger partial charge in [-0.1, -0.05) is 46.3 Å². The molecule has 0 amide bonds. The average molecular weight is 433 g/mol. The molecule has 5 rings (SSSR count). The van der Waals surface area contributed by atoms with E-state index in [4.69, 9.17) is 9.97 Å². The zero-order valence-corrected chi connectivity index (χ0v) is 17.1. The maximum absolute atomic E-state index is 4.73. The van der Waals surface area contributed by atoms with Crippen molar-refractivity contribution in [1.29, 1.82) is 0 Å². The molecule has 0 N–H and O–H groups in total. The summed E-state index contributed by atoms with van der Waals surface area (Å²) in [4.78, 5) is 11.8. The van der Waals surface area contributed by atoms with Gasteiger partial charge in [-0.3, -0.25) is 0 Å². The molecule has 0 unspecified atom stereocenters. The number of piperidine rings is 1. The first kappa shape index (κ1) is 17.4. The SMILES string of the molecule is Brc1ccc(-n2cc(-c3ccccc3)c3c(N4CCCCC4)ncnc32)cc1. The van der Waals surface area contributed by atoms with Crippen LogP contribution in [0, 0.1) is 0 Å². The van der Waals surface area contributed by atoms with E-state index in [2.05, 4.69) is 86.2 Å². The smallest absolute Gasteiger partial charge is 0.150 e. The summed E-state index contributed by atoms with van der Waals surface area (Å²) in [6.45, 7) is 2.12. The highest BCUT2D eigenvalue weighted by molar-refractivity contribution is 9.10. The molecule has 4 aromatic rings. The fourth-order valence-corrected chi connectivity index (χ4v) is 4.29. The van der Waals surface area contributed by atoms with Gasteiger partial charge in [0.2, 0.25) is 0 Å². The van der Waals surface area contributed by atoms with E-state index in [0.29, 0.717) is 0 Å². The Morgan fingerprint density at radius 1 is 0.821 bits per heavy atom. The maximum Gasteiger partial charge on any atom is 0.150 e. The Bertz CT molecular complexity index is 1100. The minimum absolute atomic E-state index is 0.955. The van der Waals surface area contributed by atoms with Gasteiger partial charge in [0.15, 0.2) is 5.65 Å². The lowest BCUT2D eigenvalue weighted by molar-refractivity contribution is 0.574. The molecule has 3 heterocycles. The van der Waals surface area contributed by atoms with E-state index < -0.39 is 0 Å². The molecule has 2 aromatic carbocycles. The fraction of sp³-hybridized carbons (Fsp3) is 0.217. The number of benzene rings is 2. The maximum atomic E-state index is 4.73. The first-order chi connectivity index (χ1) is 13.8. The molecule has 0 saturated carbocycles. The van der Waals surface area contributed by atoms with Crippen LogP contribution in [0.15, 0.2) is 71.6 Å². The van der Waals surface area contributed by atoms with Crippen LogP contribution in [0.1, 0.15) is 19.3 Å². The summed E-state index contributed by atoms with van der Waals surface area (Å²) in [7, 11) is 0. The Kier molecular flexibility index (Phi) is 4.61. The standard InChI is InChI=1S/C23H21BrN4/c24-18-9-11-19(12-10-18)28-15-20(17-7-3-1-4-8-17)21-22(25-16-26-23(21)28)27-13-5-2-6-14-27/h1,3-4,7-12,15-16H,2,5-6,13-14H2. The number of aromatic nitrogens is 3. The molecular formula is C23H21BrN4. The largest absolute Gasteiger partial charge is 0.356 e. The Labute approximate surface area is 173 Å². The predicted octanol–water partition coefficient (Wildman–Crippen LogP) is 5.84. The molecule has 0 atom stereocenters. The van der Waals surface area contributed by atoms with Crippen LogP contribution in [-0.2, 0) is 0 Å². The van der Waals surface area contributed by atoms with Gasteiger partial charge < -0.3 is 9.47 Å². The molecule has 0 aliphatic carbocycles. The molecule has 140 valence electrons. The molecular weight excluding hydrogens is 412 g/mol. The highest BCUT2D eigenvalue weighted by atomic mass is 79.9. The molecule has 1 saturated heterocycles. The van der Waals surface area contributed by atoms with Crippen LogP contribution in [0.3, 0.4) is 0 Å². The first-order valence-corrected chi connectivity index (χ1v) is 10.5. The van der Waals surface area contributed by atoms with E-state index in [9.17, 15) is 0 Å². The summed E-state index contributed by atoms with van der Waals surface area (Å²) in [5.74, 6) is 1.06. The lowest BCUT2D eigenvalue weighted by Crippen LogP contribution is -2.30. The third-order valence-corrected chi connectivity index (χ3v) is 5.94. The van der Waals surface area contributed by atoms with E-state index in [1.807, 2.05) is 0 Å². The van der Waals surface area contributed by atoms with Crippen molar-refractivity contribution in [3.05, 3.63) is 71.6 Å². The number of anilines is 1. The van der Waals surface area contributed by atoms with E-state index in [0.717, 1.165) is 40.1 Å². The second kappa shape index (κ2) is 7.40. The highest BCUT2D eigenvalue weighted by Crippen LogP contribution is 2.37. The van der Waals surface area contributed by atoms with Crippen LogP contribution in [0.25, 0.3) is 27.8 Å². The quantitative estimate of drug-likeness (QED) is 0.407. The van der Waals surface area contributed by atoms with Crippen LogP contribution < -0.4 is 4.90 Å². The van der Waals surface area contributed by atoms with Crippen molar-refractivity contribution >= 4 is 32.8 Å². The van der Waals surface area contributed by atoms with Crippen molar-refractivity contribution in [2.45, 2.75) is 19.3 Å². The van der Waals surface area contributed by atoms with Gasteiger partial charge in [0.05, 0.1) is 5.39 Å². The fourth-order valence-electron chi connectivity index (χ4n) is 4.03. The molecule has 1 aliphatic rings. The van der Waals surface area contributed by atoms with Gasteiger partial charge in [0.25, 0.3) is 0 Å². The number of rotatable bonds is 3. The zero-order valence-electron chi connectivity index (χ0n) is 15.6. The summed E-state index contributed by atoms with van der Waals surface area (Å²) >= 11 is 3.53. The Morgan fingerprint density at radius 2 is 1.57 bits per heavy atom. The molecule has 5 heteroatoms. The third-order valence-electron chi connectivity index (χ3n) is 5.41. The van der Waals surface area contributed by atoms with Gasteiger partial charge in [-0.25, -0.2) is 9.97 Å².